The van der Waals surface area contributed by atoms with E-state index in [-0.39, 0.29) is 5.82 Å². The molecule has 0 spiro atoms. The third-order valence-electron chi connectivity index (χ3n) is 4.00. The zero-order chi connectivity index (χ0) is 14.7. The van der Waals surface area contributed by atoms with Gasteiger partial charge in [-0.2, -0.15) is 0 Å². The molecule has 1 N–H and O–H groups in total. The van der Waals surface area contributed by atoms with Crippen molar-refractivity contribution in [3.63, 3.8) is 0 Å². The molecule has 0 saturated heterocycles. The average molecular weight is 286 g/mol. The van der Waals surface area contributed by atoms with Crippen LogP contribution < -0.4 is 4.74 Å². The first-order chi connectivity index (χ1) is 10.2. The van der Waals surface area contributed by atoms with E-state index >= 15 is 0 Å². The second-order valence-corrected chi connectivity index (χ2v) is 5.60. The van der Waals surface area contributed by atoms with Crippen LogP contribution in [0, 0.1) is 5.82 Å². The second-order valence-electron chi connectivity index (χ2n) is 5.60. The third-order valence-corrected chi connectivity index (χ3v) is 4.00. The van der Waals surface area contributed by atoms with Gasteiger partial charge < -0.3 is 9.84 Å². The Labute approximate surface area is 124 Å². The Balaban J connectivity index is 1.67. The minimum absolute atomic E-state index is 0.254. The van der Waals surface area contributed by atoms with E-state index in [9.17, 15) is 9.50 Å². The van der Waals surface area contributed by atoms with Crippen molar-refractivity contribution >= 4 is 0 Å². The first-order valence-electron chi connectivity index (χ1n) is 7.36. The summed E-state index contributed by atoms with van der Waals surface area (Å²) in [7, 11) is 0. The van der Waals surface area contributed by atoms with Crippen LogP contribution in [0.15, 0.2) is 48.5 Å². The molecule has 1 aliphatic heterocycles. The van der Waals surface area contributed by atoms with Crippen LogP contribution >= 0.6 is 0 Å². The highest BCUT2D eigenvalue weighted by molar-refractivity contribution is 5.37. The van der Waals surface area contributed by atoms with Crippen molar-refractivity contribution in [3.05, 3.63) is 65.5 Å². The fraction of sp³-hybridized carbons (Fsp3) is 0.333. The largest absolute Gasteiger partial charge is 0.493 e. The lowest BCUT2D eigenvalue weighted by molar-refractivity contribution is 0.143. The summed E-state index contributed by atoms with van der Waals surface area (Å²) in [5.41, 5.74) is 2.00. The summed E-state index contributed by atoms with van der Waals surface area (Å²) in [6.07, 6.45) is 1.61. The predicted octanol–water partition coefficient (Wildman–Crippen LogP) is 3.69. The number of hydrogen-bond donors (Lipinski definition) is 1. The summed E-state index contributed by atoms with van der Waals surface area (Å²) in [4.78, 5) is 0. The summed E-state index contributed by atoms with van der Waals surface area (Å²) >= 11 is 0. The average Bonchev–Trinajstić information content (AvgIpc) is 2.47. The summed E-state index contributed by atoms with van der Waals surface area (Å²) in [6, 6.07) is 14.4. The van der Waals surface area contributed by atoms with Crippen LogP contribution in [0.5, 0.6) is 5.75 Å². The van der Waals surface area contributed by atoms with E-state index in [1.165, 1.54) is 17.7 Å². The van der Waals surface area contributed by atoms with Gasteiger partial charge in [-0.25, -0.2) is 4.39 Å². The number of ether oxygens (including phenoxy) is 1. The van der Waals surface area contributed by atoms with Crippen molar-refractivity contribution in [3.8, 4) is 5.75 Å². The van der Waals surface area contributed by atoms with Crippen LogP contribution in [0.2, 0.25) is 0 Å². The minimum atomic E-state index is -0.469. The van der Waals surface area contributed by atoms with Crippen LogP contribution in [-0.2, 0) is 6.42 Å². The van der Waals surface area contributed by atoms with Gasteiger partial charge in [0.05, 0.1) is 12.7 Å². The quantitative estimate of drug-likeness (QED) is 0.929. The van der Waals surface area contributed by atoms with E-state index in [4.69, 9.17) is 4.74 Å². The monoisotopic (exact) mass is 286 g/mol. The van der Waals surface area contributed by atoms with Crippen molar-refractivity contribution in [1.29, 1.82) is 0 Å². The lowest BCUT2D eigenvalue weighted by Crippen LogP contribution is -2.20. The first kappa shape index (κ1) is 14.1. The van der Waals surface area contributed by atoms with Crippen molar-refractivity contribution in [2.24, 2.45) is 0 Å². The van der Waals surface area contributed by atoms with Gasteiger partial charge in [0, 0.05) is 0 Å². The van der Waals surface area contributed by atoms with Crippen molar-refractivity contribution in [2.45, 2.75) is 31.3 Å². The van der Waals surface area contributed by atoms with Gasteiger partial charge in [0.1, 0.15) is 11.6 Å². The van der Waals surface area contributed by atoms with Crippen molar-refractivity contribution < 1.29 is 14.2 Å². The lowest BCUT2D eigenvalue weighted by Gasteiger charge is -2.27. The summed E-state index contributed by atoms with van der Waals surface area (Å²) in [6.45, 7) is 0.689. The highest BCUT2D eigenvalue weighted by atomic mass is 19.1. The van der Waals surface area contributed by atoms with Crippen LogP contribution in [0.25, 0.3) is 0 Å². The maximum Gasteiger partial charge on any atom is 0.123 e. The van der Waals surface area contributed by atoms with Gasteiger partial charge in [-0.05, 0) is 54.5 Å². The van der Waals surface area contributed by atoms with E-state index in [1.807, 2.05) is 24.3 Å². The predicted molar refractivity (Wildman–Crippen MR) is 80.0 cm³/mol. The maximum absolute atomic E-state index is 13.2. The Morgan fingerprint density at radius 1 is 1.19 bits per heavy atom. The van der Waals surface area contributed by atoms with Crippen LogP contribution in [0.1, 0.15) is 29.9 Å². The molecular formula is C18H19FO2. The molecule has 2 nitrogen and oxygen atoms in total. The van der Waals surface area contributed by atoms with Crippen LogP contribution in [0.3, 0.4) is 0 Å². The number of rotatable bonds is 4. The third kappa shape index (κ3) is 3.42. The molecule has 110 valence electrons. The molecule has 2 aromatic rings. The van der Waals surface area contributed by atoms with Gasteiger partial charge >= 0.3 is 0 Å². The number of hydrogen-bond acceptors (Lipinski definition) is 2. The molecule has 0 aliphatic carbocycles. The van der Waals surface area contributed by atoms with E-state index in [0.717, 1.165) is 17.7 Å². The van der Waals surface area contributed by atoms with Gasteiger partial charge in [0.2, 0.25) is 0 Å². The second kappa shape index (κ2) is 6.27. The molecule has 3 heteroatoms. The zero-order valence-corrected chi connectivity index (χ0v) is 11.8. The highest BCUT2D eigenvalue weighted by Gasteiger charge is 2.23. The molecule has 0 bridgehead atoms. The SMILES string of the molecule is OC(Cc1cccc(F)c1)CC1CCOc2ccccc21. The molecule has 2 aromatic carbocycles. The van der Waals surface area contributed by atoms with Crippen LogP contribution in [-0.4, -0.2) is 17.8 Å². The molecule has 2 unspecified atom stereocenters. The van der Waals surface area contributed by atoms with Gasteiger partial charge in [-0.15, -0.1) is 0 Å². The molecular weight excluding hydrogens is 267 g/mol. The summed E-state index contributed by atoms with van der Waals surface area (Å²) < 4.78 is 18.8. The lowest BCUT2D eigenvalue weighted by atomic mass is 9.87. The molecule has 0 radical (unpaired) electrons. The molecule has 2 atom stereocenters. The number of aliphatic hydroxyl groups is 1. The van der Waals surface area contributed by atoms with Gasteiger partial charge in [-0.1, -0.05) is 30.3 Å². The van der Waals surface area contributed by atoms with Gasteiger partial charge in [0.15, 0.2) is 0 Å². The van der Waals surface area contributed by atoms with Crippen molar-refractivity contribution in [1.82, 2.24) is 0 Å². The Morgan fingerprint density at radius 2 is 2.05 bits per heavy atom. The Morgan fingerprint density at radius 3 is 2.90 bits per heavy atom. The number of benzene rings is 2. The van der Waals surface area contributed by atoms with Crippen LogP contribution in [0.4, 0.5) is 4.39 Å². The van der Waals surface area contributed by atoms with Crippen molar-refractivity contribution in [2.75, 3.05) is 6.61 Å². The van der Waals surface area contributed by atoms with E-state index in [1.54, 1.807) is 6.07 Å². The topological polar surface area (TPSA) is 29.5 Å². The molecule has 21 heavy (non-hydrogen) atoms. The standard InChI is InChI=1S/C18H19FO2/c19-15-5-3-4-13(10-15)11-16(20)12-14-8-9-21-18-7-2-1-6-17(14)18/h1-7,10,14,16,20H,8-9,11-12H2. The Kier molecular flexibility index (Phi) is 4.20. The Bertz CT molecular complexity index is 612. The summed E-state index contributed by atoms with van der Waals surface area (Å²) in [5.74, 6) is 0.973. The van der Waals surface area contributed by atoms with E-state index in [2.05, 4.69) is 6.07 Å². The molecule has 0 aromatic heterocycles. The molecule has 0 fully saturated rings. The zero-order valence-electron chi connectivity index (χ0n) is 11.8. The smallest absolute Gasteiger partial charge is 0.123 e. The molecule has 3 rings (SSSR count). The normalized spacial score (nSPS) is 18.7. The molecule has 0 saturated carbocycles. The molecule has 1 aliphatic rings. The number of aliphatic hydroxyl groups excluding tert-OH is 1. The van der Waals surface area contributed by atoms with Gasteiger partial charge in [-0.3, -0.25) is 0 Å². The van der Waals surface area contributed by atoms with Gasteiger partial charge in [0.25, 0.3) is 0 Å². The maximum atomic E-state index is 13.2. The number of para-hydroxylation sites is 1. The highest BCUT2D eigenvalue weighted by Crippen LogP contribution is 2.36. The fourth-order valence-corrected chi connectivity index (χ4v) is 3.01. The molecule has 1 heterocycles. The Hall–Kier alpha value is -1.87. The number of fused-ring (bicyclic) bond motifs is 1. The van der Waals surface area contributed by atoms with E-state index < -0.39 is 6.10 Å². The minimum Gasteiger partial charge on any atom is -0.493 e. The fourth-order valence-electron chi connectivity index (χ4n) is 3.01. The summed E-state index contributed by atoms with van der Waals surface area (Å²) in [5, 5.41) is 10.3. The van der Waals surface area contributed by atoms with E-state index in [0.29, 0.717) is 25.4 Å². The molecule has 0 amide bonds. The number of halogens is 1. The first-order valence-corrected chi connectivity index (χ1v) is 7.36.